The molecule has 39 heavy (non-hydrogen) atoms. The van der Waals surface area contributed by atoms with Gasteiger partial charge in [-0.25, -0.2) is 9.97 Å². The minimum Gasteiger partial charge on any atom is -0.431 e. The smallest absolute Gasteiger partial charge is 0.431 e. The first kappa shape index (κ1) is 26.6. The quantitative estimate of drug-likeness (QED) is 0.446. The van der Waals surface area contributed by atoms with Gasteiger partial charge in [-0.05, 0) is 37.1 Å². The molecule has 3 heterocycles. The minimum absolute atomic E-state index is 0.0854. The molecule has 1 saturated heterocycles. The zero-order valence-corrected chi connectivity index (χ0v) is 20.6. The van der Waals surface area contributed by atoms with E-state index >= 15 is 0 Å². The molecule has 0 bridgehead atoms. The van der Waals surface area contributed by atoms with Gasteiger partial charge in [-0.15, -0.1) is 0 Å². The maximum atomic E-state index is 13.6. The van der Waals surface area contributed by atoms with Gasteiger partial charge >= 0.3 is 6.18 Å². The number of hydrogen-bond acceptors (Lipinski definition) is 8. The second kappa shape index (κ2) is 10.7. The van der Waals surface area contributed by atoms with Gasteiger partial charge < -0.3 is 29.7 Å². The van der Waals surface area contributed by atoms with E-state index in [9.17, 15) is 33.0 Å². The van der Waals surface area contributed by atoms with Crippen molar-refractivity contribution in [3.05, 3.63) is 60.1 Å². The Morgan fingerprint density at radius 1 is 0.974 bits per heavy atom. The Labute approximate surface area is 221 Å². The molecular formula is C26H26F3N5O5. The first-order valence-corrected chi connectivity index (χ1v) is 12.4. The van der Waals surface area contributed by atoms with Crippen molar-refractivity contribution in [2.75, 3.05) is 36.4 Å². The molecule has 3 aromatic rings. The third kappa shape index (κ3) is 5.73. The number of carbonyl (C=O) groups is 2. The third-order valence-electron chi connectivity index (χ3n) is 6.89. The predicted octanol–water partition coefficient (Wildman–Crippen LogP) is 2.79. The normalized spacial score (nSPS) is 21.7. The Morgan fingerprint density at radius 2 is 1.64 bits per heavy atom. The number of alkyl halides is 3. The topological polar surface area (TPSA) is 132 Å². The number of amides is 2. The average Bonchev–Trinajstić information content (AvgIpc) is 3.53. The fraction of sp³-hybridized carbons (Fsp3) is 0.385. The summed E-state index contributed by atoms with van der Waals surface area (Å²) in [6.45, 7) is 1.88. The molecule has 0 spiro atoms. The zero-order valence-electron chi connectivity index (χ0n) is 20.6. The van der Waals surface area contributed by atoms with E-state index in [1.54, 1.807) is 29.2 Å². The summed E-state index contributed by atoms with van der Waals surface area (Å²) in [5, 5.41) is 21.8. The van der Waals surface area contributed by atoms with Gasteiger partial charge in [0, 0.05) is 37.7 Å². The van der Waals surface area contributed by atoms with Crippen molar-refractivity contribution < 1.29 is 37.4 Å². The Hall–Kier alpha value is -3.97. The first-order chi connectivity index (χ1) is 18.6. The van der Waals surface area contributed by atoms with E-state index < -0.39 is 41.7 Å². The SMILES string of the molecule is O=C(Nc1ccc(N2CCN(C(=O)C3C[C@@H](O)[C@@H](O)C3)CC2)nc1)c1nc(-c2ccccc2)oc1C(F)(F)F. The van der Waals surface area contributed by atoms with Crippen LogP contribution in [-0.2, 0) is 11.0 Å². The lowest BCUT2D eigenvalue weighted by Gasteiger charge is -2.36. The van der Waals surface area contributed by atoms with Crippen LogP contribution in [0.2, 0.25) is 0 Å². The molecule has 0 radical (unpaired) electrons. The summed E-state index contributed by atoms with van der Waals surface area (Å²) < 4.78 is 45.6. The average molecular weight is 546 g/mol. The first-order valence-electron chi connectivity index (χ1n) is 12.4. The van der Waals surface area contributed by atoms with Gasteiger partial charge in [0.15, 0.2) is 5.69 Å². The Morgan fingerprint density at radius 3 is 2.23 bits per heavy atom. The van der Waals surface area contributed by atoms with Gasteiger partial charge in [-0.1, -0.05) is 18.2 Å². The molecule has 10 nitrogen and oxygen atoms in total. The molecule has 1 aromatic carbocycles. The van der Waals surface area contributed by atoms with E-state index in [1.807, 2.05) is 4.90 Å². The summed E-state index contributed by atoms with van der Waals surface area (Å²) in [6.07, 6.45) is -4.84. The summed E-state index contributed by atoms with van der Waals surface area (Å²) in [5.74, 6) is -2.80. The number of hydrogen-bond donors (Lipinski definition) is 3. The van der Waals surface area contributed by atoms with Crippen molar-refractivity contribution in [2.24, 2.45) is 5.92 Å². The number of nitrogens with one attached hydrogen (secondary N) is 1. The van der Waals surface area contributed by atoms with Crippen molar-refractivity contribution in [2.45, 2.75) is 31.2 Å². The van der Waals surface area contributed by atoms with Gasteiger partial charge in [-0.2, -0.15) is 13.2 Å². The number of aromatic nitrogens is 2. The van der Waals surface area contributed by atoms with Crippen LogP contribution >= 0.6 is 0 Å². The van der Waals surface area contributed by atoms with Crippen LogP contribution in [0.4, 0.5) is 24.7 Å². The van der Waals surface area contributed by atoms with Crippen LogP contribution in [0.15, 0.2) is 53.1 Å². The number of aliphatic hydroxyl groups is 2. The number of nitrogens with zero attached hydrogens (tertiary/aromatic N) is 4. The molecular weight excluding hydrogens is 519 g/mol. The maximum Gasteiger partial charge on any atom is 0.452 e. The van der Waals surface area contributed by atoms with Crippen LogP contribution in [0.5, 0.6) is 0 Å². The molecule has 2 amide bonds. The number of rotatable bonds is 5. The molecule has 13 heteroatoms. The number of piperazine rings is 1. The molecule has 3 N–H and O–H groups in total. The number of benzene rings is 1. The molecule has 2 fully saturated rings. The molecule has 3 atom stereocenters. The monoisotopic (exact) mass is 545 g/mol. The summed E-state index contributed by atoms with van der Waals surface area (Å²) in [6, 6.07) is 11.1. The molecule has 2 aliphatic rings. The van der Waals surface area contributed by atoms with Crippen LogP contribution < -0.4 is 10.2 Å². The fourth-order valence-corrected chi connectivity index (χ4v) is 4.82. The van der Waals surface area contributed by atoms with E-state index in [2.05, 4.69) is 15.3 Å². The number of carbonyl (C=O) groups excluding carboxylic acids is 2. The van der Waals surface area contributed by atoms with Crippen LogP contribution in [-0.4, -0.2) is 75.3 Å². The number of anilines is 2. The predicted molar refractivity (Wildman–Crippen MR) is 133 cm³/mol. The Kier molecular flexibility index (Phi) is 7.28. The number of halogens is 3. The van der Waals surface area contributed by atoms with Gasteiger partial charge in [-0.3, -0.25) is 9.59 Å². The number of oxazole rings is 1. The molecule has 1 unspecified atom stereocenters. The van der Waals surface area contributed by atoms with Crippen molar-refractivity contribution in [1.29, 1.82) is 0 Å². The summed E-state index contributed by atoms with van der Waals surface area (Å²) >= 11 is 0. The molecule has 1 saturated carbocycles. The number of pyridine rings is 1. The fourth-order valence-electron chi connectivity index (χ4n) is 4.82. The summed E-state index contributed by atoms with van der Waals surface area (Å²) in [7, 11) is 0. The van der Waals surface area contributed by atoms with Crippen molar-refractivity contribution >= 4 is 23.3 Å². The highest BCUT2D eigenvalue weighted by Crippen LogP contribution is 2.35. The molecule has 1 aliphatic carbocycles. The molecule has 206 valence electrons. The van der Waals surface area contributed by atoms with Crippen molar-refractivity contribution in [3.63, 3.8) is 0 Å². The van der Waals surface area contributed by atoms with Crippen molar-refractivity contribution in [3.8, 4) is 11.5 Å². The highest BCUT2D eigenvalue weighted by atomic mass is 19.4. The standard InChI is InChI=1S/C26H26F3N5O5/c27-26(28,29)22-21(32-24(39-22)15-4-2-1-3-5-15)23(37)31-17-6-7-20(30-14-17)33-8-10-34(11-9-33)25(38)16-12-18(35)19(36)13-16/h1-7,14,16,18-19,35-36H,8-13H2,(H,31,37)/t16?,18-,19+. The van der Waals surface area contributed by atoms with E-state index in [-0.39, 0.29) is 30.3 Å². The third-order valence-corrected chi connectivity index (χ3v) is 6.89. The largest absolute Gasteiger partial charge is 0.452 e. The van der Waals surface area contributed by atoms with Crippen LogP contribution in [0, 0.1) is 5.92 Å². The van der Waals surface area contributed by atoms with E-state index in [0.717, 1.165) is 0 Å². The van der Waals surface area contributed by atoms with E-state index in [0.29, 0.717) is 37.6 Å². The van der Waals surface area contributed by atoms with Crippen LogP contribution in [0.25, 0.3) is 11.5 Å². The lowest BCUT2D eigenvalue weighted by atomic mass is 10.1. The minimum atomic E-state index is -4.92. The maximum absolute atomic E-state index is 13.6. The second-order valence-electron chi connectivity index (χ2n) is 9.54. The van der Waals surface area contributed by atoms with Crippen LogP contribution in [0.3, 0.4) is 0 Å². The molecule has 2 aromatic heterocycles. The lowest BCUT2D eigenvalue weighted by molar-refractivity contribution is -0.153. The summed E-state index contributed by atoms with van der Waals surface area (Å²) in [4.78, 5) is 37.2. The highest BCUT2D eigenvalue weighted by Gasteiger charge is 2.42. The second-order valence-corrected chi connectivity index (χ2v) is 9.54. The highest BCUT2D eigenvalue weighted by molar-refractivity contribution is 6.04. The van der Waals surface area contributed by atoms with Gasteiger partial charge in [0.2, 0.25) is 17.6 Å². The van der Waals surface area contributed by atoms with E-state index in [1.165, 1.54) is 24.4 Å². The Bertz CT molecular complexity index is 1310. The number of aliphatic hydroxyl groups excluding tert-OH is 2. The van der Waals surface area contributed by atoms with Gasteiger partial charge in [0.1, 0.15) is 5.82 Å². The Balaban J connectivity index is 1.21. The van der Waals surface area contributed by atoms with Gasteiger partial charge in [0.25, 0.3) is 5.91 Å². The molecule has 5 rings (SSSR count). The summed E-state index contributed by atoms with van der Waals surface area (Å²) in [5.41, 5.74) is -0.407. The van der Waals surface area contributed by atoms with Gasteiger partial charge in [0.05, 0.1) is 24.1 Å². The lowest BCUT2D eigenvalue weighted by Crippen LogP contribution is -2.50. The van der Waals surface area contributed by atoms with Crippen molar-refractivity contribution in [1.82, 2.24) is 14.9 Å². The van der Waals surface area contributed by atoms with E-state index in [4.69, 9.17) is 4.42 Å². The molecule has 1 aliphatic heterocycles. The zero-order chi connectivity index (χ0) is 27.7. The van der Waals surface area contributed by atoms with Crippen LogP contribution in [0.1, 0.15) is 29.1 Å².